The van der Waals surface area contributed by atoms with Crippen LogP contribution in [0.2, 0.25) is 0 Å². The van der Waals surface area contributed by atoms with Crippen molar-refractivity contribution < 1.29 is 5.11 Å². The molecule has 0 spiro atoms. The number of nitrogens with zero attached hydrogens (tertiary/aromatic N) is 2. The number of para-hydroxylation sites is 1. The normalized spacial score (nSPS) is 12.3. The van der Waals surface area contributed by atoms with Gasteiger partial charge in [0, 0.05) is 0 Å². The van der Waals surface area contributed by atoms with Gasteiger partial charge in [0.05, 0.1) is 11.0 Å². The van der Waals surface area contributed by atoms with Crippen LogP contribution in [0.5, 0.6) is 0 Å². The number of hydrogen-bond acceptors (Lipinski definition) is 2. The molecule has 0 amide bonds. The lowest BCUT2D eigenvalue weighted by Gasteiger charge is -2.19. The lowest BCUT2D eigenvalue weighted by molar-refractivity contribution is 0.00494. The van der Waals surface area contributed by atoms with E-state index in [-0.39, 0.29) is 0 Å². The Balaban J connectivity index is 2.76. The molecule has 1 aromatic carbocycles. The highest BCUT2D eigenvalue weighted by atomic mass is 16.3. The Bertz CT molecular complexity index is 466. The molecule has 0 aliphatic rings. The molecule has 2 aromatic rings. The zero-order valence-corrected chi connectivity index (χ0v) is 8.57. The molecule has 0 atom stereocenters. The lowest BCUT2D eigenvalue weighted by atomic mass is 10.2. The van der Waals surface area contributed by atoms with Gasteiger partial charge in [-0.15, -0.1) is 0 Å². The van der Waals surface area contributed by atoms with Gasteiger partial charge in [-0.25, -0.2) is 4.98 Å². The molecule has 1 radical (unpaired) electrons. The molecule has 3 nitrogen and oxygen atoms in total. The van der Waals surface area contributed by atoms with Gasteiger partial charge >= 0.3 is 0 Å². The van der Waals surface area contributed by atoms with Gasteiger partial charge in [0.2, 0.25) is 0 Å². The summed E-state index contributed by atoms with van der Waals surface area (Å²) in [6, 6.07) is 5.89. The molecule has 0 fully saturated rings. The van der Waals surface area contributed by atoms with Crippen molar-refractivity contribution in [3.05, 3.63) is 30.1 Å². The number of aromatic nitrogens is 2. The Hall–Kier alpha value is -1.35. The van der Waals surface area contributed by atoms with E-state index in [4.69, 9.17) is 0 Å². The second-order valence-corrected chi connectivity index (χ2v) is 3.98. The second-order valence-electron chi connectivity index (χ2n) is 3.98. The summed E-state index contributed by atoms with van der Waals surface area (Å²) >= 11 is 0. The average molecular weight is 189 g/mol. The minimum Gasteiger partial charge on any atom is -0.371 e. The first-order valence-corrected chi connectivity index (χ1v) is 4.59. The molecule has 3 heteroatoms. The summed E-state index contributed by atoms with van der Waals surface area (Å²) < 4.78 is 1.65. The van der Waals surface area contributed by atoms with Gasteiger partial charge in [0.25, 0.3) is 0 Å². The van der Waals surface area contributed by atoms with Crippen molar-refractivity contribution in [2.75, 3.05) is 0 Å². The second kappa shape index (κ2) is 2.82. The zero-order valence-electron chi connectivity index (χ0n) is 8.57. The molecular formula is C11H13N2O. The van der Waals surface area contributed by atoms with E-state index in [1.165, 1.54) is 0 Å². The molecule has 0 saturated carbocycles. The molecule has 0 aliphatic carbocycles. The number of benzene rings is 1. The van der Waals surface area contributed by atoms with Crippen LogP contribution in [0, 0.1) is 13.3 Å². The number of aryl methyl sites for hydroxylation is 1. The van der Waals surface area contributed by atoms with Crippen molar-refractivity contribution in [1.82, 2.24) is 9.55 Å². The predicted molar refractivity (Wildman–Crippen MR) is 54.8 cm³/mol. The molecule has 0 bridgehead atoms. The zero-order chi connectivity index (χ0) is 10.3. The summed E-state index contributed by atoms with van der Waals surface area (Å²) in [7, 11) is 0. The van der Waals surface area contributed by atoms with Crippen LogP contribution in [0.4, 0.5) is 0 Å². The fourth-order valence-corrected chi connectivity index (χ4v) is 1.54. The summed E-state index contributed by atoms with van der Waals surface area (Å²) in [6.07, 6.45) is 2.81. The van der Waals surface area contributed by atoms with Crippen molar-refractivity contribution >= 4 is 11.0 Å². The fraction of sp³-hybridized carbons (Fsp3) is 0.364. The third-order valence-corrected chi connectivity index (χ3v) is 2.27. The van der Waals surface area contributed by atoms with Gasteiger partial charge in [0.15, 0.2) is 6.33 Å². The molecule has 14 heavy (non-hydrogen) atoms. The number of aliphatic hydroxyl groups is 1. The molecular weight excluding hydrogens is 176 g/mol. The number of imidazole rings is 1. The Labute approximate surface area is 83.0 Å². The maximum Gasteiger partial charge on any atom is 0.180 e. The van der Waals surface area contributed by atoms with Crippen LogP contribution in [0.15, 0.2) is 18.2 Å². The smallest absolute Gasteiger partial charge is 0.180 e. The van der Waals surface area contributed by atoms with E-state index < -0.39 is 5.72 Å². The van der Waals surface area contributed by atoms with E-state index in [0.717, 1.165) is 16.6 Å². The molecule has 0 aliphatic heterocycles. The highest BCUT2D eigenvalue weighted by Gasteiger charge is 2.18. The first kappa shape index (κ1) is 9.21. The number of fused-ring (bicyclic) bond motifs is 1. The first-order chi connectivity index (χ1) is 6.50. The summed E-state index contributed by atoms with van der Waals surface area (Å²) in [4.78, 5) is 4.16. The molecule has 0 unspecified atom stereocenters. The lowest BCUT2D eigenvalue weighted by Crippen LogP contribution is -2.24. The van der Waals surface area contributed by atoms with Crippen LogP contribution >= 0.6 is 0 Å². The number of rotatable bonds is 1. The Kier molecular flexibility index (Phi) is 1.86. The van der Waals surface area contributed by atoms with Gasteiger partial charge in [-0.3, -0.25) is 4.57 Å². The molecule has 1 N–H and O–H groups in total. The molecule has 1 aromatic heterocycles. The van der Waals surface area contributed by atoms with Crippen LogP contribution in [0.3, 0.4) is 0 Å². The Morgan fingerprint density at radius 3 is 2.79 bits per heavy atom. The topological polar surface area (TPSA) is 38.0 Å². The third-order valence-electron chi connectivity index (χ3n) is 2.27. The van der Waals surface area contributed by atoms with Crippen LogP contribution in [-0.4, -0.2) is 14.7 Å². The van der Waals surface area contributed by atoms with Crippen LogP contribution in [-0.2, 0) is 5.72 Å². The van der Waals surface area contributed by atoms with E-state index in [9.17, 15) is 5.11 Å². The van der Waals surface area contributed by atoms with Crippen LogP contribution < -0.4 is 0 Å². The van der Waals surface area contributed by atoms with E-state index in [1.54, 1.807) is 18.4 Å². The van der Waals surface area contributed by atoms with Gasteiger partial charge in [-0.05, 0) is 32.4 Å². The SMILES string of the molecule is Cc1cccc2c1n[c]n2C(C)(C)O. The highest BCUT2D eigenvalue weighted by Crippen LogP contribution is 2.21. The largest absolute Gasteiger partial charge is 0.371 e. The summed E-state index contributed by atoms with van der Waals surface area (Å²) in [5.41, 5.74) is 1.96. The van der Waals surface area contributed by atoms with Crippen LogP contribution in [0.1, 0.15) is 19.4 Å². The fourth-order valence-electron chi connectivity index (χ4n) is 1.54. The van der Waals surface area contributed by atoms with Crippen molar-refractivity contribution in [1.29, 1.82) is 0 Å². The summed E-state index contributed by atoms with van der Waals surface area (Å²) in [6.45, 7) is 5.43. The standard InChI is InChI=1S/C11H13N2O/c1-8-5-4-6-9-10(8)12-7-13(9)11(2,3)14/h4-6,14H,1-3H3. The predicted octanol–water partition coefficient (Wildman–Crippen LogP) is 1.83. The monoisotopic (exact) mass is 189 g/mol. The van der Waals surface area contributed by atoms with E-state index in [2.05, 4.69) is 11.3 Å². The van der Waals surface area contributed by atoms with Crippen molar-refractivity contribution in [2.24, 2.45) is 0 Å². The number of hydrogen-bond donors (Lipinski definition) is 1. The first-order valence-electron chi connectivity index (χ1n) is 4.59. The van der Waals surface area contributed by atoms with Crippen molar-refractivity contribution in [3.63, 3.8) is 0 Å². The van der Waals surface area contributed by atoms with E-state index in [1.807, 2.05) is 25.1 Å². The van der Waals surface area contributed by atoms with Gasteiger partial charge in [0.1, 0.15) is 5.72 Å². The maximum atomic E-state index is 9.86. The van der Waals surface area contributed by atoms with E-state index >= 15 is 0 Å². The average Bonchev–Trinajstić information content (AvgIpc) is 2.47. The van der Waals surface area contributed by atoms with Crippen molar-refractivity contribution in [2.45, 2.75) is 26.5 Å². The Morgan fingerprint density at radius 1 is 1.43 bits per heavy atom. The van der Waals surface area contributed by atoms with Gasteiger partial charge in [-0.2, -0.15) is 0 Å². The quantitative estimate of drug-likeness (QED) is 0.743. The van der Waals surface area contributed by atoms with Crippen LogP contribution in [0.25, 0.3) is 11.0 Å². The van der Waals surface area contributed by atoms with Gasteiger partial charge in [-0.1, -0.05) is 12.1 Å². The summed E-state index contributed by atoms with van der Waals surface area (Å²) in [5, 5.41) is 9.86. The molecule has 0 saturated heterocycles. The van der Waals surface area contributed by atoms with Crippen molar-refractivity contribution in [3.8, 4) is 0 Å². The molecule has 73 valence electrons. The molecule has 2 rings (SSSR count). The van der Waals surface area contributed by atoms with Gasteiger partial charge < -0.3 is 5.11 Å². The van der Waals surface area contributed by atoms with E-state index in [0.29, 0.717) is 0 Å². The summed E-state index contributed by atoms with van der Waals surface area (Å²) in [5.74, 6) is 0. The molecule has 1 heterocycles. The minimum absolute atomic E-state index is 0.898. The maximum absolute atomic E-state index is 9.86. The Morgan fingerprint density at radius 2 is 2.14 bits per heavy atom. The highest BCUT2D eigenvalue weighted by molar-refractivity contribution is 5.78. The third kappa shape index (κ3) is 1.30. The minimum atomic E-state index is -0.956.